The number of urea groups is 1. The average molecular weight is 452 g/mol. The molecule has 2 aliphatic heterocycles. The number of hydrogen-bond donors (Lipinski definition) is 0. The second kappa shape index (κ2) is 9.62. The summed E-state index contributed by atoms with van der Waals surface area (Å²) in [5.74, 6) is -0.221. The highest BCUT2D eigenvalue weighted by atomic mass is 16.5. The van der Waals surface area contributed by atoms with E-state index in [0.717, 1.165) is 32.9 Å². The molecule has 2 aromatic rings. The third-order valence-electron chi connectivity index (χ3n) is 6.28. The predicted molar refractivity (Wildman–Crippen MR) is 122 cm³/mol. The Balaban J connectivity index is 1.69. The van der Waals surface area contributed by atoms with Gasteiger partial charge in [-0.05, 0) is 41.7 Å². The van der Waals surface area contributed by atoms with E-state index in [4.69, 9.17) is 9.47 Å². The van der Waals surface area contributed by atoms with E-state index in [2.05, 4.69) is 4.90 Å². The second-order valence-corrected chi connectivity index (χ2v) is 8.25. The van der Waals surface area contributed by atoms with Gasteiger partial charge in [-0.2, -0.15) is 0 Å². The largest absolute Gasteiger partial charge is 0.493 e. The van der Waals surface area contributed by atoms with Crippen molar-refractivity contribution in [3.05, 3.63) is 59.2 Å². The maximum absolute atomic E-state index is 12.9. The fourth-order valence-electron chi connectivity index (χ4n) is 4.55. The summed E-state index contributed by atoms with van der Waals surface area (Å²) in [5, 5.41) is 0. The Morgan fingerprint density at radius 2 is 1.61 bits per heavy atom. The topological polar surface area (TPSA) is 79.4 Å². The highest BCUT2D eigenvalue weighted by Gasteiger charge is 2.45. The molecule has 1 saturated heterocycles. The van der Waals surface area contributed by atoms with Crippen molar-refractivity contribution in [3.63, 3.8) is 0 Å². The SMILES string of the molecule is CCCCN1C(=O)C(=O)N(CN2CCc3cc(OC)c(OC)cc3C2c2ccccc2)C1=O. The first-order valence-electron chi connectivity index (χ1n) is 11.2. The minimum absolute atomic E-state index is 0.0410. The molecular formula is C25H29N3O5. The Labute approximate surface area is 193 Å². The summed E-state index contributed by atoms with van der Waals surface area (Å²) in [6, 6.07) is 13.1. The van der Waals surface area contributed by atoms with E-state index in [1.54, 1.807) is 14.2 Å². The van der Waals surface area contributed by atoms with Crippen molar-refractivity contribution in [2.24, 2.45) is 0 Å². The van der Waals surface area contributed by atoms with Crippen molar-refractivity contribution in [1.29, 1.82) is 0 Å². The summed E-state index contributed by atoms with van der Waals surface area (Å²) >= 11 is 0. The molecule has 8 heteroatoms. The fraction of sp³-hybridized carbons (Fsp3) is 0.400. The van der Waals surface area contributed by atoms with Crippen LogP contribution in [0.15, 0.2) is 42.5 Å². The van der Waals surface area contributed by atoms with Crippen molar-refractivity contribution in [3.8, 4) is 11.5 Å². The molecule has 0 spiro atoms. The lowest BCUT2D eigenvalue weighted by atomic mass is 9.88. The fourth-order valence-corrected chi connectivity index (χ4v) is 4.55. The van der Waals surface area contributed by atoms with Crippen LogP contribution in [0.25, 0.3) is 0 Å². The molecule has 4 rings (SSSR count). The molecule has 4 amide bonds. The van der Waals surface area contributed by atoms with Crippen LogP contribution >= 0.6 is 0 Å². The number of carbonyl (C=O) groups is 3. The smallest absolute Gasteiger partial charge is 0.335 e. The molecule has 0 aliphatic carbocycles. The Bertz CT molecular complexity index is 1060. The van der Waals surface area contributed by atoms with Crippen LogP contribution in [0.3, 0.4) is 0 Å². The maximum Gasteiger partial charge on any atom is 0.335 e. The Kier molecular flexibility index (Phi) is 6.65. The van der Waals surface area contributed by atoms with Crippen LogP contribution in [0.4, 0.5) is 4.79 Å². The van der Waals surface area contributed by atoms with Gasteiger partial charge in [-0.3, -0.25) is 19.4 Å². The van der Waals surface area contributed by atoms with E-state index >= 15 is 0 Å². The normalized spacial score (nSPS) is 18.6. The molecule has 33 heavy (non-hydrogen) atoms. The molecule has 2 aliphatic rings. The summed E-state index contributed by atoms with van der Waals surface area (Å²) in [7, 11) is 3.21. The summed E-state index contributed by atoms with van der Waals surface area (Å²) in [6.07, 6.45) is 2.21. The molecule has 8 nitrogen and oxygen atoms in total. The van der Waals surface area contributed by atoms with Crippen LogP contribution < -0.4 is 9.47 Å². The molecule has 2 heterocycles. The first-order valence-corrected chi connectivity index (χ1v) is 11.2. The number of carbonyl (C=O) groups excluding carboxylic acids is 3. The lowest BCUT2D eigenvalue weighted by Gasteiger charge is -2.39. The Morgan fingerprint density at radius 3 is 2.27 bits per heavy atom. The van der Waals surface area contributed by atoms with Gasteiger partial charge in [0.25, 0.3) is 0 Å². The van der Waals surface area contributed by atoms with Gasteiger partial charge in [0.05, 0.1) is 26.9 Å². The number of nitrogens with zero attached hydrogens (tertiary/aromatic N) is 3. The summed E-state index contributed by atoms with van der Waals surface area (Å²) < 4.78 is 11.0. The number of hydrogen-bond acceptors (Lipinski definition) is 6. The summed E-state index contributed by atoms with van der Waals surface area (Å²) in [4.78, 5) is 42.3. The summed E-state index contributed by atoms with van der Waals surface area (Å²) in [6.45, 7) is 2.89. The highest BCUT2D eigenvalue weighted by molar-refractivity contribution is 6.44. The van der Waals surface area contributed by atoms with E-state index in [1.165, 1.54) is 0 Å². The van der Waals surface area contributed by atoms with E-state index < -0.39 is 17.8 Å². The van der Waals surface area contributed by atoms with Crippen LogP contribution in [0.5, 0.6) is 11.5 Å². The molecule has 0 saturated carbocycles. The summed E-state index contributed by atoms with van der Waals surface area (Å²) in [5.41, 5.74) is 3.18. The minimum atomic E-state index is -0.763. The Hall–Kier alpha value is -3.39. The van der Waals surface area contributed by atoms with Crippen LogP contribution in [-0.2, 0) is 16.0 Å². The molecule has 0 aromatic heterocycles. The molecule has 1 atom stereocenters. The molecule has 0 N–H and O–H groups in total. The van der Waals surface area contributed by atoms with Gasteiger partial charge < -0.3 is 9.47 Å². The zero-order valence-corrected chi connectivity index (χ0v) is 19.2. The van der Waals surface area contributed by atoms with Crippen molar-refractivity contribution in [1.82, 2.24) is 14.7 Å². The number of fused-ring (bicyclic) bond motifs is 1. The highest BCUT2D eigenvalue weighted by Crippen LogP contribution is 2.41. The van der Waals surface area contributed by atoms with E-state index in [1.807, 2.05) is 49.4 Å². The molecule has 174 valence electrons. The van der Waals surface area contributed by atoms with Gasteiger partial charge in [0.2, 0.25) is 0 Å². The lowest BCUT2D eigenvalue weighted by Crippen LogP contribution is -2.46. The number of unbranched alkanes of at least 4 members (excludes halogenated alkanes) is 1. The third kappa shape index (κ3) is 4.18. The van der Waals surface area contributed by atoms with Gasteiger partial charge >= 0.3 is 17.8 Å². The van der Waals surface area contributed by atoms with Crippen LogP contribution in [-0.4, -0.2) is 66.5 Å². The van der Waals surface area contributed by atoms with Crippen molar-refractivity contribution in [2.45, 2.75) is 32.2 Å². The number of ether oxygens (including phenoxy) is 2. The number of amides is 4. The zero-order valence-electron chi connectivity index (χ0n) is 19.2. The van der Waals surface area contributed by atoms with Crippen LogP contribution in [0, 0.1) is 0 Å². The number of benzene rings is 2. The number of methoxy groups -OCH3 is 2. The first-order chi connectivity index (χ1) is 16.0. The van der Waals surface area contributed by atoms with E-state index in [9.17, 15) is 14.4 Å². The minimum Gasteiger partial charge on any atom is -0.493 e. The van der Waals surface area contributed by atoms with Gasteiger partial charge in [-0.15, -0.1) is 0 Å². The molecule has 1 unspecified atom stereocenters. The zero-order chi connectivity index (χ0) is 23.5. The van der Waals surface area contributed by atoms with E-state index in [-0.39, 0.29) is 19.3 Å². The molecule has 1 fully saturated rings. The van der Waals surface area contributed by atoms with Gasteiger partial charge in [0, 0.05) is 13.1 Å². The van der Waals surface area contributed by atoms with Crippen molar-refractivity contribution >= 4 is 17.8 Å². The second-order valence-electron chi connectivity index (χ2n) is 8.25. The van der Waals surface area contributed by atoms with Crippen molar-refractivity contribution in [2.75, 3.05) is 34.0 Å². The molecule has 0 bridgehead atoms. The van der Waals surface area contributed by atoms with Gasteiger partial charge in [0.1, 0.15) is 0 Å². The van der Waals surface area contributed by atoms with Crippen LogP contribution in [0.2, 0.25) is 0 Å². The van der Waals surface area contributed by atoms with Gasteiger partial charge in [-0.1, -0.05) is 43.7 Å². The Morgan fingerprint density at radius 1 is 0.939 bits per heavy atom. The molecular weight excluding hydrogens is 422 g/mol. The van der Waals surface area contributed by atoms with Crippen LogP contribution in [0.1, 0.15) is 42.5 Å². The first kappa shape index (κ1) is 22.8. The predicted octanol–water partition coefficient (Wildman–Crippen LogP) is 3.20. The maximum atomic E-state index is 12.9. The third-order valence-corrected chi connectivity index (χ3v) is 6.28. The lowest BCUT2D eigenvalue weighted by molar-refractivity contribution is -0.144. The quantitative estimate of drug-likeness (QED) is 0.453. The average Bonchev–Trinajstić information content (AvgIpc) is 3.04. The van der Waals surface area contributed by atoms with Gasteiger partial charge in [-0.25, -0.2) is 9.69 Å². The van der Waals surface area contributed by atoms with Gasteiger partial charge in [0.15, 0.2) is 11.5 Å². The molecule has 2 aromatic carbocycles. The standard InChI is InChI=1S/C25H29N3O5/c1-4-5-12-27-23(29)24(30)28(25(27)31)16-26-13-11-18-14-20(32-2)21(33-3)15-19(18)22(26)17-9-7-6-8-10-17/h6-10,14-15,22H,4-5,11-13,16H2,1-3H3. The monoisotopic (exact) mass is 451 g/mol. The van der Waals surface area contributed by atoms with E-state index in [0.29, 0.717) is 30.9 Å². The van der Waals surface area contributed by atoms with Crippen molar-refractivity contribution < 1.29 is 23.9 Å². The number of imide groups is 2. The molecule has 0 radical (unpaired) electrons. The number of rotatable bonds is 8.